The molecule has 1 rings (SSSR count). The van der Waals surface area contributed by atoms with Gasteiger partial charge in [-0.3, -0.25) is 0 Å². The summed E-state index contributed by atoms with van der Waals surface area (Å²) >= 11 is 4.15. The fraction of sp³-hybridized carbons (Fsp3) is 0. The average molecular weight is 222 g/mol. The Bertz CT molecular complexity index is 144. The second-order valence-corrected chi connectivity index (χ2v) is 4.53. The average Bonchev–Trinajstić information content (AvgIpc) is 1.87. The molecule has 0 radical (unpaired) electrons. The van der Waals surface area contributed by atoms with Gasteiger partial charge in [-0.15, -0.1) is 11.3 Å². The summed E-state index contributed by atoms with van der Waals surface area (Å²) in [4.78, 5) is 0. The van der Waals surface area contributed by atoms with Crippen LogP contribution in [0.4, 0.5) is 0 Å². The molecule has 0 saturated heterocycles. The third kappa shape index (κ3) is 1.46. The molecule has 36 valence electrons. The Kier molecular flexibility index (Phi) is 1.75. The van der Waals surface area contributed by atoms with Crippen molar-refractivity contribution >= 4 is 46.6 Å². The second-order valence-electron chi connectivity index (χ2n) is 1.35. The van der Waals surface area contributed by atoms with E-state index in [0.717, 1.165) is 0 Å². The molecule has 0 aliphatic rings. The molecule has 3 heteroatoms. The van der Waals surface area contributed by atoms with Crippen molar-refractivity contribution in [2.24, 2.45) is 0 Å². The van der Waals surface area contributed by atoms with Crippen molar-refractivity contribution in [2.45, 2.75) is 0 Å². The first-order valence-corrected chi connectivity index (χ1v) is 3.90. The maximum absolute atomic E-state index is 2.32. The number of hydrogen-bond acceptors (Lipinski definition) is 1. The van der Waals surface area contributed by atoms with E-state index in [1.807, 2.05) is 11.3 Å². The van der Waals surface area contributed by atoms with Crippen LogP contribution in [0.25, 0.3) is 0 Å². The van der Waals surface area contributed by atoms with Gasteiger partial charge in [0.2, 0.25) is 0 Å². The Morgan fingerprint density at radius 1 is 1.57 bits per heavy atom. The fourth-order valence-corrected chi connectivity index (χ4v) is 2.21. The lowest BCUT2D eigenvalue weighted by molar-refractivity contribution is 1.99. The predicted molar refractivity (Wildman–Crippen MR) is 45.2 cm³/mol. The molecule has 0 N–H and O–H groups in total. The van der Waals surface area contributed by atoms with E-state index in [-0.39, 0.29) is 0 Å². The summed E-state index contributed by atoms with van der Waals surface area (Å²) in [5, 5.41) is 0. The minimum Gasteiger partial charge on any atom is -0.145 e. The Labute approximate surface area is 61.5 Å². The van der Waals surface area contributed by atoms with E-state index >= 15 is 0 Å². The fourth-order valence-electron chi connectivity index (χ4n) is 0.405. The molecule has 1 heterocycles. The van der Waals surface area contributed by atoms with E-state index in [0.29, 0.717) is 0 Å². The van der Waals surface area contributed by atoms with Crippen LogP contribution < -0.4 is 4.78 Å². The first kappa shape index (κ1) is 5.63. The zero-order valence-electron chi connectivity index (χ0n) is 3.94. The largest absolute Gasteiger partial charge is 0.152 e. The first-order valence-electron chi connectivity index (χ1n) is 2.01. The van der Waals surface area contributed by atoms with Crippen LogP contribution in [0.5, 0.6) is 0 Å². The van der Waals surface area contributed by atoms with Gasteiger partial charge in [0.05, 0.1) is 2.88 Å². The summed E-state index contributed by atoms with van der Waals surface area (Å²) in [7, 11) is 2.12. The summed E-state index contributed by atoms with van der Waals surface area (Å²) in [6, 6.07) is 4.26. The molecule has 0 atom stereocenters. The predicted octanol–water partition coefficient (Wildman–Crippen LogP) is 0.611. The van der Waals surface area contributed by atoms with Gasteiger partial charge in [0.25, 0.3) is 0 Å². The Morgan fingerprint density at radius 2 is 2.29 bits per heavy atom. The second kappa shape index (κ2) is 2.18. The summed E-state index contributed by atoms with van der Waals surface area (Å²) in [6.07, 6.45) is 0. The van der Waals surface area contributed by atoms with Gasteiger partial charge < -0.3 is 0 Å². The van der Waals surface area contributed by atoms with Crippen LogP contribution in [0.1, 0.15) is 0 Å². The van der Waals surface area contributed by atoms with E-state index in [1.165, 1.54) is 7.66 Å². The van der Waals surface area contributed by atoms with Crippen molar-refractivity contribution in [3.05, 3.63) is 15.0 Å². The topological polar surface area (TPSA) is 0 Å². The van der Waals surface area contributed by atoms with Crippen molar-refractivity contribution in [3.8, 4) is 0 Å². The zero-order chi connectivity index (χ0) is 5.28. The molecule has 0 unspecified atom stereocenters. The van der Waals surface area contributed by atoms with Crippen molar-refractivity contribution in [1.29, 1.82) is 0 Å². The Balaban J connectivity index is 3.04. The lowest BCUT2D eigenvalue weighted by atomic mass is 10.1. The first-order chi connectivity index (χ1) is 3.29. The van der Waals surface area contributed by atoms with Gasteiger partial charge in [-0.2, -0.15) is 0 Å². The van der Waals surface area contributed by atoms with Gasteiger partial charge in [-0.25, -0.2) is 0 Å². The van der Waals surface area contributed by atoms with Gasteiger partial charge in [-0.05, 0) is 33.4 Å². The minimum absolute atomic E-state index is 1.37. The quantitative estimate of drug-likeness (QED) is 0.445. The Hall–Kier alpha value is 0.495. The van der Waals surface area contributed by atoms with Crippen LogP contribution in [-0.4, -0.2) is 7.85 Å². The summed E-state index contributed by atoms with van der Waals surface area (Å²) in [5.41, 5.74) is 0. The third-order valence-corrected chi connectivity index (χ3v) is 2.52. The van der Waals surface area contributed by atoms with E-state index in [2.05, 4.69) is 42.6 Å². The molecular weight excluding hydrogens is 218 g/mol. The van der Waals surface area contributed by atoms with Crippen molar-refractivity contribution in [1.82, 2.24) is 0 Å². The molecule has 0 aliphatic carbocycles. The lowest BCUT2D eigenvalue weighted by Crippen LogP contribution is -1.88. The maximum atomic E-state index is 2.32. The monoisotopic (exact) mass is 222 g/mol. The SMILES string of the molecule is Bc1ccc(I)s1. The van der Waals surface area contributed by atoms with Crippen molar-refractivity contribution in [2.75, 3.05) is 0 Å². The molecule has 0 aliphatic heterocycles. The summed E-state index contributed by atoms with van der Waals surface area (Å²) in [5.74, 6) is 0. The van der Waals surface area contributed by atoms with Gasteiger partial charge in [-0.1, -0.05) is 6.07 Å². The van der Waals surface area contributed by atoms with E-state index < -0.39 is 0 Å². The van der Waals surface area contributed by atoms with E-state index in [9.17, 15) is 0 Å². The molecule has 0 bridgehead atoms. The van der Waals surface area contributed by atoms with Crippen molar-refractivity contribution in [3.63, 3.8) is 0 Å². The van der Waals surface area contributed by atoms with Crippen LogP contribution in [0, 0.1) is 2.88 Å². The summed E-state index contributed by atoms with van der Waals surface area (Å²) < 4.78 is 2.76. The zero-order valence-corrected chi connectivity index (χ0v) is 6.91. The molecule has 0 nitrogen and oxygen atoms in total. The third-order valence-electron chi connectivity index (χ3n) is 0.708. The molecule has 0 saturated carbocycles. The van der Waals surface area contributed by atoms with Gasteiger partial charge in [0, 0.05) is 0 Å². The highest BCUT2D eigenvalue weighted by molar-refractivity contribution is 14.1. The van der Waals surface area contributed by atoms with E-state index in [4.69, 9.17) is 0 Å². The highest BCUT2D eigenvalue weighted by Gasteiger charge is 1.86. The van der Waals surface area contributed by atoms with Crippen LogP contribution in [0.3, 0.4) is 0 Å². The number of hydrogen-bond donors (Lipinski definition) is 0. The standard InChI is InChI=1S/C4H4BIS/c5-3-1-2-4(6)7-3/h1-2H,5H2. The minimum atomic E-state index is 1.37. The molecule has 1 aromatic rings. The number of thiophene rings is 1. The number of halogens is 1. The summed E-state index contributed by atoms with van der Waals surface area (Å²) in [6.45, 7) is 0. The van der Waals surface area contributed by atoms with Gasteiger partial charge in [0.1, 0.15) is 0 Å². The molecule has 0 amide bonds. The van der Waals surface area contributed by atoms with Crippen LogP contribution in [0.15, 0.2) is 12.1 Å². The van der Waals surface area contributed by atoms with Crippen LogP contribution in [-0.2, 0) is 0 Å². The molecule has 1 aromatic heterocycles. The Morgan fingerprint density at radius 3 is 2.43 bits per heavy atom. The molecule has 7 heavy (non-hydrogen) atoms. The van der Waals surface area contributed by atoms with E-state index in [1.54, 1.807) is 0 Å². The van der Waals surface area contributed by atoms with Crippen LogP contribution in [0.2, 0.25) is 0 Å². The normalized spacial score (nSPS) is 9.29. The molecule has 0 fully saturated rings. The maximum Gasteiger partial charge on any atom is 0.152 e. The molecule has 0 aromatic carbocycles. The van der Waals surface area contributed by atoms with Gasteiger partial charge >= 0.3 is 0 Å². The highest BCUT2D eigenvalue weighted by Crippen LogP contribution is 2.07. The number of rotatable bonds is 0. The molecular formula is C4H4BIS. The highest BCUT2D eigenvalue weighted by atomic mass is 127. The van der Waals surface area contributed by atoms with Crippen LogP contribution >= 0.6 is 33.9 Å². The van der Waals surface area contributed by atoms with Crippen molar-refractivity contribution < 1.29 is 0 Å². The van der Waals surface area contributed by atoms with Gasteiger partial charge in [0.15, 0.2) is 7.85 Å². The smallest absolute Gasteiger partial charge is 0.145 e. The molecule has 0 spiro atoms. The lowest BCUT2D eigenvalue weighted by Gasteiger charge is -1.69.